The molecule has 3 heteroatoms. The zero-order valence-electron chi connectivity index (χ0n) is 10.1. The molecule has 0 N–H and O–H groups in total. The summed E-state index contributed by atoms with van der Waals surface area (Å²) in [6.07, 6.45) is 1.23. The summed E-state index contributed by atoms with van der Waals surface area (Å²) in [7, 11) is 2.14. The number of nitrogens with zero attached hydrogens (tertiary/aromatic N) is 1. The quantitative estimate of drug-likeness (QED) is 0.769. The number of benzene rings is 1. The lowest BCUT2D eigenvalue weighted by atomic mass is 10.1. The number of hydrogen-bond acceptors (Lipinski definition) is 1. The maximum Gasteiger partial charge on any atom is 0.0462 e. The molecular formula is C13H19BrClN. The molecule has 1 rings (SSSR count). The molecule has 90 valence electrons. The van der Waals surface area contributed by atoms with E-state index in [1.54, 1.807) is 0 Å². The van der Waals surface area contributed by atoms with E-state index in [9.17, 15) is 0 Å². The first-order valence-corrected chi connectivity index (χ1v) is 6.78. The van der Waals surface area contributed by atoms with Crippen LogP contribution in [-0.2, 0) is 6.54 Å². The maximum atomic E-state index is 6.18. The maximum absolute atomic E-state index is 6.18. The van der Waals surface area contributed by atoms with Gasteiger partial charge in [0, 0.05) is 16.0 Å². The molecule has 0 aliphatic rings. The fourth-order valence-corrected chi connectivity index (χ4v) is 2.23. The fraction of sp³-hybridized carbons (Fsp3) is 0.538. The minimum Gasteiger partial charge on any atom is -0.302 e. The van der Waals surface area contributed by atoms with E-state index in [2.05, 4.69) is 47.8 Å². The van der Waals surface area contributed by atoms with Crippen LogP contribution in [0.2, 0.25) is 5.02 Å². The van der Waals surface area contributed by atoms with E-state index in [1.807, 2.05) is 12.1 Å². The molecule has 0 bridgehead atoms. The molecule has 0 radical (unpaired) electrons. The Morgan fingerprint density at radius 3 is 2.62 bits per heavy atom. The van der Waals surface area contributed by atoms with E-state index in [0.29, 0.717) is 0 Å². The van der Waals surface area contributed by atoms with Gasteiger partial charge in [0.15, 0.2) is 0 Å². The summed E-state index contributed by atoms with van der Waals surface area (Å²) in [5.41, 5.74) is 1.19. The van der Waals surface area contributed by atoms with Crippen LogP contribution >= 0.6 is 27.5 Å². The van der Waals surface area contributed by atoms with Gasteiger partial charge in [0.05, 0.1) is 0 Å². The zero-order valence-corrected chi connectivity index (χ0v) is 12.5. The van der Waals surface area contributed by atoms with Gasteiger partial charge in [-0.3, -0.25) is 0 Å². The van der Waals surface area contributed by atoms with Crippen molar-refractivity contribution in [2.24, 2.45) is 5.92 Å². The lowest BCUT2D eigenvalue weighted by molar-refractivity contribution is 0.303. The lowest BCUT2D eigenvalue weighted by Crippen LogP contribution is -2.20. The van der Waals surface area contributed by atoms with Gasteiger partial charge >= 0.3 is 0 Å². The summed E-state index contributed by atoms with van der Waals surface area (Å²) in [4.78, 5) is 2.31. The molecule has 0 spiro atoms. The van der Waals surface area contributed by atoms with Crippen LogP contribution < -0.4 is 0 Å². The summed E-state index contributed by atoms with van der Waals surface area (Å²) >= 11 is 9.59. The van der Waals surface area contributed by atoms with Crippen molar-refractivity contribution in [3.8, 4) is 0 Å². The number of halogens is 2. The van der Waals surface area contributed by atoms with Crippen LogP contribution in [0.3, 0.4) is 0 Å². The predicted molar refractivity (Wildman–Crippen MR) is 74.9 cm³/mol. The molecular weight excluding hydrogens is 286 g/mol. The van der Waals surface area contributed by atoms with Crippen molar-refractivity contribution in [3.05, 3.63) is 33.3 Å². The smallest absolute Gasteiger partial charge is 0.0462 e. The highest BCUT2D eigenvalue weighted by molar-refractivity contribution is 9.10. The number of rotatable bonds is 5. The molecule has 0 aliphatic carbocycles. The van der Waals surface area contributed by atoms with E-state index >= 15 is 0 Å². The van der Waals surface area contributed by atoms with Gasteiger partial charge in [-0.15, -0.1) is 0 Å². The first kappa shape index (κ1) is 14.0. The van der Waals surface area contributed by atoms with E-state index in [1.165, 1.54) is 12.0 Å². The van der Waals surface area contributed by atoms with Gasteiger partial charge < -0.3 is 4.90 Å². The van der Waals surface area contributed by atoms with E-state index in [4.69, 9.17) is 11.6 Å². The van der Waals surface area contributed by atoms with E-state index in [-0.39, 0.29) is 0 Å². The molecule has 0 atom stereocenters. The average Bonchev–Trinajstić information content (AvgIpc) is 2.19. The van der Waals surface area contributed by atoms with Crippen molar-refractivity contribution in [1.29, 1.82) is 0 Å². The third kappa shape index (κ3) is 4.86. The first-order valence-electron chi connectivity index (χ1n) is 5.61. The molecule has 1 aromatic rings. The Hall–Kier alpha value is -0.0500. The van der Waals surface area contributed by atoms with Gasteiger partial charge in [-0.05, 0) is 43.6 Å². The highest BCUT2D eigenvalue weighted by Crippen LogP contribution is 2.22. The number of hydrogen-bond donors (Lipinski definition) is 0. The Bertz CT molecular complexity index is 339. The topological polar surface area (TPSA) is 3.24 Å². The lowest BCUT2D eigenvalue weighted by Gasteiger charge is -2.18. The van der Waals surface area contributed by atoms with Crippen molar-refractivity contribution < 1.29 is 0 Å². The summed E-state index contributed by atoms with van der Waals surface area (Å²) in [6.45, 7) is 6.53. The van der Waals surface area contributed by atoms with Crippen LogP contribution in [-0.4, -0.2) is 18.5 Å². The Labute approximate surface area is 112 Å². The molecule has 0 fully saturated rings. The molecule has 0 aliphatic heterocycles. The van der Waals surface area contributed by atoms with Crippen LogP contribution in [0.1, 0.15) is 25.8 Å². The Morgan fingerprint density at radius 2 is 2.06 bits per heavy atom. The van der Waals surface area contributed by atoms with Crippen molar-refractivity contribution in [2.45, 2.75) is 26.8 Å². The van der Waals surface area contributed by atoms with Gasteiger partial charge in [-0.1, -0.05) is 47.4 Å². The molecule has 0 unspecified atom stereocenters. The second-order valence-electron chi connectivity index (χ2n) is 4.66. The van der Waals surface area contributed by atoms with E-state index in [0.717, 1.165) is 28.5 Å². The average molecular weight is 305 g/mol. The van der Waals surface area contributed by atoms with E-state index < -0.39 is 0 Å². The van der Waals surface area contributed by atoms with Gasteiger partial charge in [0.2, 0.25) is 0 Å². The normalized spacial score (nSPS) is 11.4. The molecule has 1 aromatic carbocycles. The van der Waals surface area contributed by atoms with Crippen LogP contribution in [0.5, 0.6) is 0 Å². The van der Waals surface area contributed by atoms with Gasteiger partial charge in [-0.2, -0.15) is 0 Å². The summed E-state index contributed by atoms with van der Waals surface area (Å²) in [5.74, 6) is 0.753. The predicted octanol–water partition coefficient (Wildman–Crippen LogP) is 4.58. The summed E-state index contributed by atoms with van der Waals surface area (Å²) < 4.78 is 1.03. The standard InChI is InChI=1S/C13H19BrClN/c1-10(2)6-7-16(3)9-11-4-5-12(14)8-13(11)15/h4-5,8,10H,6-7,9H2,1-3H3. The Kier molecular flexibility index (Phi) is 5.81. The first-order chi connectivity index (χ1) is 7.49. The van der Waals surface area contributed by atoms with Gasteiger partial charge in [-0.25, -0.2) is 0 Å². The molecule has 0 aromatic heterocycles. The van der Waals surface area contributed by atoms with Crippen LogP contribution in [0.15, 0.2) is 22.7 Å². The Morgan fingerprint density at radius 1 is 1.38 bits per heavy atom. The molecule has 0 saturated carbocycles. The fourth-order valence-electron chi connectivity index (χ4n) is 1.50. The minimum atomic E-state index is 0.753. The molecule has 0 heterocycles. The summed E-state index contributed by atoms with van der Waals surface area (Å²) in [6, 6.07) is 6.07. The second-order valence-corrected chi connectivity index (χ2v) is 5.98. The van der Waals surface area contributed by atoms with Gasteiger partial charge in [0.25, 0.3) is 0 Å². The van der Waals surface area contributed by atoms with Crippen molar-refractivity contribution in [1.82, 2.24) is 4.90 Å². The highest BCUT2D eigenvalue weighted by Gasteiger charge is 2.05. The zero-order chi connectivity index (χ0) is 12.1. The second kappa shape index (κ2) is 6.63. The SMILES string of the molecule is CC(C)CCN(C)Cc1ccc(Br)cc1Cl. The monoisotopic (exact) mass is 303 g/mol. The Balaban J connectivity index is 2.52. The highest BCUT2D eigenvalue weighted by atomic mass is 79.9. The molecule has 0 saturated heterocycles. The van der Waals surface area contributed by atoms with Crippen molar-refractivity contribution >= 4 is 27.5 Å². The van der Waals surface area contributed by atoms with Crippen LogP contribution in [0.4, 0.5) is 0 Å². The van der Waals surface area contributed by atoms with Gasteiger partial charge in [0.1, 0.15) is 0 Å². The van der Waals surface area contributed by atoms with Crippen LogP contribution in [0, 0.1) is 5.92 Å². The molecule has 1 nitrogen and oxygen atoms in total. The van der Waals surface area contributed by atoms with Crippen LogP contribution in [0.25, 0.3) is 0 Å². The molecule has 16 heavy (non-hydrogen) atoms. The largest absolute Gasteiger partial charge is 0.302 e. The third-order valence-electron chi connectivity index (χ3n) is 2.54. The van der Waals surface area contributed by atoms with Crippen molar-refractivity contribution in [3.63, 3.8) is 0 Å². The minimum absolute atomic E-state index is 0.753. The third-order valence-corrected chi connectivity index (χ3v) is 3.39. The molecule has 0 amide bonds. The summed E-state index contributed by atoms with van der Waals surface area (Å²) in [5, 5.41) is 0.839. The van der Waals surface area contributed by atoms with Crippen molar-refractivity contribution in [2.75, 3.05) is 13.6 Å².